The maximum absolute atomic E-state index is 13.9. The zero-order chi connectivity index (χ0) is 13.4. The van der Waals surface area contributed by atoms with Crippen molar-refractivity contribution in [3.05, 3.63) is 34.8 Å². The van der Waals surface area contributed by atoms with E-state index in [0.717, 1.165) is 22.2 Å². The number of carboxylic acids is 1. The highest BCUT2D eigenvalue weighted by molar-refractivity contribution is 5.85. The second kappa shape index (κ2) is 4.44. The van der Waals surface area contributed by atoms with Gasteiger partial charge in [-0.3, -0.25) is 4.79 Å². The molecule has 18 heavy (non-hydrogen) atoms. The van der Waals surface area contributed by atoms with Crippen LogP contribution in [0.2, 0.25) is 0 Å². The molecule has 1 unspecified atom stereocenters. The van der Waals surface area contributed by atoms with Crippen molar-refractivity contribution in [3.63, 3.8) is 0 Å². The van der Waals surface area contributed by atoms with Gasteiger partial charge in [0.05, 0.1) is 11.4 Å². The van der Waals surface area contributed by atoms with Gasteiger partial charge in [-0.2, -0.15) is 0 Å². The van der Waals surface area contributed by atoms with Crippen LogP contribution < -0.4 is 0 Å². The number of H-pyrrole nitrogens is 1. The van der Waals surface area contributed by atoms with E-state index in [0.29, 0.717) is 11.9 Å². The molecule has 96 valence electrons. The van der Waals surface area contributed by atoms with E-state index >= 15 is 0 Å². The molecule has 2 aromatic rings. The Morgan fingerprint density at radius 2 is 2.11 bits per heavy atom. The van der Waals surface area contributed by atoms with Gasteiger partial charge in [0.15, 0.2) is 0 Å². The highest BCUT2D eigenvalue weighted by Crippen LogP contribution is 2.26. The van der Waals surface area contributed by atoms with E-state index in [2.05, 4.69) is 4.98 Å². The summed E-state index contributed by atoms with van der Waals surface area (Å²) < 4.78 is 13.9. The highest BCUT2D eigenvalue weighted by atomic mass is 19.1. The number of rotatable bonds is 3. The number of carboxylic acid groups (broad SMARTS) is 1. The Kier molecular flexibility index (Phi) is 3.11. The van der Waals surface area contributed by atoms with Gasteiger partial charge in [-0.25, -0.2) is 4.39 Å². The third-order valence-electron chi connectivity index (χ3n) is 3.39. The van der Waals surface area contributed by atoms with E-state index in [1.807, 2.05) is 19.9 Å². The molecule has 2 rings (SSSR count). The van der Waals surface area contributed by atoms with E-state index in [9.17, 15) is 9.18 Å². The van der Waals surface area contributed by atoms with Crippen molar-refractivity contribution in [2.45, 2.75) is 27.2 Å². The van der Waals surface area contributed by atoms with Crippen LogP contribution in [0.3, 0.4) is 0 Å². The zero-order valence-corrected chi connectivity index (χ0v) is 10.7. The minimum Gasteiger partial charge on any atom is -0.481 e. The van der Waals surface area contributed by atoms with E-state index < -0.39 is 11.9 Å². The minimum absolute atomic E-state index is 0.323. The van der Waals surface area contributed by atoms with Gasteiger partial charge in [0.25, 0.3) is 0 Å². The van der Waals surface area contributed by atoms with Crippen molar-refractivity contribution in [3.8, 4) is 0 Å². The van der Waals surface area contributed by atoms with Crippen LogP contribution in [0.5, 0.6) is 0 Å². The Labute approximate surface area is 105 Å². The molecular formula is C14H16FNO2. The van der Waals surface area contributed by atoms with Crippen LogP contribution in [0.15, 0.2) is 12.1 Å². The molecular weight excluding hydrogens is 233 g/mol. The number of hydrogen-bond donors (Lipinski definition) is 2. The lowest BCUT2D eigenvalue weighted by molar-refractivity contribution is -0.141. The molecule has 0 aliphatic heterocycles. The summed E-state index contributed by atoms with van der Waals surface area (Å²) >= 11 is 0. The third kappa shape index (κ3) is 2.10. The SMILES string of the molecule is Cc1[nH]c2c(F)cc(CC(C)C(=O)O)cc2c1C. The zero-order valence-electron chi connectivity index (χ0n) is 10.7. The summed E-state index contributed by atoms with van der Waals surface area (Å²) in [5, 5.41) is 9.72. The average molecular weight is 249 g/mol. The molecule has 0 aliphatic carbocycles. The first-order valence-corrected chi connectivity index (χ1v) is 5.90. The number of benzene rings is 1. The lowest BCUT2D eigenvalue weighted by Crippen LogP contribution is -2.12. The van der Waals surface area contributed by atoms with Gasteiger partial charge in [-0.1, -0.05) is 6.92 Å². The standard InChI is InChI=1S/C14H16FNO2/c1-7(14(17)18)4-10-5-11-8(2)9(3)16-13(11)12(15)6-10/h5-7,16H,4H2,1-3H3,(H,17,18). The molecule has 0 amide bonds. The van der Waals surface area contributed by atoms with Crippen LogP contribution in [-0.2, 0) is 11.2 Å². The van der Waals surface area contributed by atoms with Crippen molar-refractivity contribution < 1.29 is 14.3 Å². The lowest BCUT2D eigenvalue weighted by atomic mass is 9.99. The molecule has 1 heterocycles. The molecule has 0 radical (unpaired) electrons. The number of carbonyl (C=O) groups is 1. The Balaban J connectivity index is 2.48. The lowest BCUT2D eigenvalue weighted by Gasteiger charge is -2.07. The molecule has 3 nitrogen and oxygen atoms in total. The summed E-state index contributed by atoms with van der Waals surface area (Å²) in [5.74, 6) is -1.70. The van der Waals surface area contributed by atoms with Gasteiger partial charge in [0, 0.05) is 11.1 Å². The van der Waals surface area contributed by atoms with Gasteiger partial charge in [0.1, 0.15) is 5.82 Å². The summed E-state index contributed by atoms with van der Waals surface area (Å²) in [4.78, 5) is 13.8. The fourth-order valence-corrected chi connectivity index (χ4v) is 2.13. The van der Waals surface area contributed by atoms with Crippen LogP contribution in [0.25, 0.3) is 10.9 Å². The first-order valence-electron chi connectivity index (χ1n) is 5.90. The predicted molar refractivity (Wildman–Crippen MR) is 68.2 cm³/mol. The van der Waals surface area contributed by atoms with Gasteiger partial charge in [-0.15, -0.1) is 0 Å². The average Bonchev–Trinajstić information content (AvgIpc) is 2.57. The van der Waals surface area contributed by atoms with Gasteiger partial charge in [0.2, 0.25) is 0 Å². The molecule has 2 N–H and O–H groups in total. The van der Waals surface area contributed by atoms with Crippen molar-refractivity contribution >= 4 is 16.9 Å². The normalized spacial score (nSPS) is 12.9. The molecule has 0 aliphatic rings. The van der Waals surface area contributed by atoms with Gasteiger partial charge < -0.3 is 10.1 Å². The largest absolute Gasteiger partial charge is 0.481 e. The maximum Gasteiger partial charge on any atom is 0.306 e. The van der Waals surface area contributed by atoms with E-state index in [1.165, 1.54) is 6.07 Å². The summed E-state index contributed by atoms with van der Waals surface area (Å²) in [6.45, 7) is 5.45. The van der Waals surface area contributed by atoms with Crippen LogP contribution in [0.4, 0.5) is 4.39 Å². The first kappa shape index (κ1) is 12.6. The van der Waals surface area contributed by atoms with Crippen molar-refractivity contribution in [2.75, 3.05) is 0 Å². The van der Waals surface area contributed by atoms with Crippen LogP contribution >= 0.6 is 0 Å². The van der Waals surface area contributed by atoms with E-state index in [-0.39, 0.29) is 5.82 Å². The molecule has 0 saturated heterocycles. The Hall–Kier alpha value is -1.84. The number of hydrogen-bond acceptors (Lipinski definition) is 1. The molecule has 1 aromatic carbocycles. The van der Waals surface area contributed by atoms with Gasteiger partial charge >= 0.3 is 5.97 Å². The molecule has 1 atom stereocenters. The maximum atomic E-state index is 13.9. The van der Waals surface area contributed by atoms with Crippen molar-refractivity contribution in [2.24, 2.45) is 5.92 Å². The number of halogens is 1. The summed E-state index contributed by atoms with van der Waals surface area (Å²) in [7, 11) is 0. The predicted octanol–water partition coefficient (Wildman–Crippen LogP) is 3.19. The summed E-state index contributed by atoms with van der Waals surface area (Å²) in [5.41, 5.74) is 3.16. The molecule has 0 saturated carbocycles. The number of aliphatic carboxylic acids is 1. The smallest absolute Gasteiger partial charge is 0.306 e. The fourth-order valence-electron chi connectivity index (χ4n) is 2.13. The number of fused-ring (bicyclic) bond motifs is 1. The van der Waals surface area contributed by atoms with Gasteiger partial charge in [-0.05, 0) is 43.5 Å². The Morgan fingerprint density at radius 1 is 1.44 bits per heavy atom. The Morgan fingerprint density at radius 3 is 2.72 bits per heavy atom. The van der Waals surface area contributed by atoms with Crippen LogP contribution in [0, 0.1) is 25.6 Å². The summed E-state index contributed by atoms with van der Waals surface area (Å²) in [6, 6.07) is 3.29. The first-order chi connectivity index (χ1) is 8.40. The third-order valence-corrected chi connectivity index (χ3v) is 3.39. The van der Waals surface area contributed by atoms with Crippen molar-refractivity contribution in [1.29, 1.82) is 0 Å². The van der Waals surface area contributed by atoms with E-state index in [1.54, 1.807) is 6.92 Å². The Bertz CT molecular complexity index is 616. The van der Waals surface area contributed by atoms with Crippen LogP contribution in [-0.4, -0.2) is 16.1 Å². The second-order valence-electron chi connectivity index (χ2n) is 4.82. The molecule has 0 fully saturated rings. The molecule has 4 heteroatoms. The second-order valence-corrected chi connectivity index (χ2v) is 4.82. The topological polar surface area (TPSA) is 53.1 Å². The number of aromatic amines is 1. The highest BCUT2D eigenvalue weighted by Gasteiger charge is 2.15. The fraction of sp³-hybridized carbons (Fsp3) is 0.357. The number of nitrogens with one attached hydrogen (secondary N) is 1. The molecule has 0 bridgehead atoms. The number of aryl methyl sites for hydroxylation is 2. The number of aromatic nitrogens is 1. The van der Waals surface area contributed by atoms with E-state index in [4.69, 9.17) is 5.11 Å². The summed E-state index contributed by atoms with van der Waals surface area (Å²) in [6.07, 6.45) is 0.339. The molecule has 0 spiro atoms. The van der Waals surface area contributed by atoms with Crippen molar-refractivity contribution in [1.82, 2.24) is 4.98 Å². The monoisotopic (exact) mass is 249 g/mol. The quantitative estimate of drug-likeness (QED) is 0.877. The minimum atomic E-state index is -0.863. The van der Waals surface area contributed by atoms with Crippen LogP contribution in [0.1, 0.15) is 23.7 Å². The molecule has 1 aromatic heterocycles.